The van der Waals surface area contributed by atoms with Crippen molar-refractivity contribution in [3.63, 3.8) is 0 Å². The van der Waals surface area contributed by atoms with E-state index in [0.717, 1.165) is 31.4 Å². The Morgan fingerprint density at radius 2 is 1.54 bits per heavy atom. The molecule has 4 heteroatoms. The molecule has 3 aliphatic carbocycles. The Balaban J connectivity index is 1.47. The molecule has 0 spiro atoms. The van der Waals surface area contributed by atoms with Gasteiger partial charge in [-0.15, -0.1) is 0 Å². The Morgan fingerprint density at radius 1 is 0.875 bits per heavy atom. The summed E-state index contributed by atoms with van der Waals surface area (Å²) in [6.07, 6.45) is 14.3. The summed E-state index contributed by atoms with van der Waals surface area (Å²) in [4.78, 5) is 17.5. The van der Waals surface area contributed by atoms with E-state index in [1.807, 2.05) is 0 Å². The summed E-state index contributed by atoms with van der Waals surface area (Å²) in [5, 5.41) is 6.73. The second kappa shape index (κ2) is 7.22. The highest BCUT2D eigenvalue weighted by atomic mass is 16.1. The summed E-state index contributed by atoms with van der Waals surface area (Å²) in [5.41, 5.74) is 6.26. The van der Waals surface area contributed by atoms with Crippen molar-refractivity contribution in [2.75, 3.05) is 11.9 Å². The molecule has 1 aromatic rings. The molecule has 1 saturated carbocycles. The zero-order chi connectivity index (χ0) is 16.4. The van der Waals surface area contributed by atoms with Gasteiger partial charge in [-0.25, -0.2) is 0 Å². The highest BCUT2D eigenvalue weighted by Crippen LogP contribution is 2.35. The molecule has 1 aromatic heterocycles. The van der Waals surface area contributed by atoms with Crippen LogP contribution in [0.3, 0.4) is 0 Å². The topological polar surface area (TPSA) is 54.0 Å². The molecule has 1 heterocycles. The lowest BCUT2D eigenvalue weighted by molar-refractivity contribution is -0.115. The number of hydrogen-bond donors (Lipinski definition) is 2. The molecule has 130 valence electrons. The lowest BCUT2D eigenvalue weighted by Gasteiger charge is -2.24. The van der Waals surface area contributed by atoms with Gasteiger partial charge in [-0.05, 0) is 68.9 Å². The van der Waals surface area contributed by atoms with Crippen LogP contribution < -0.4 is 10.6 Å². The number of fused-ring (bicyclic) bond motifs is 2. The summed E-state index contributed by atoms with van der Waals surface area (Å²) in [6, 6.07) is 0.529. The molecule has 4 nitrogen and oxygen atoms in total. The lowest BCUT2D eigenvalue weighted by atomic mass is 9.92. The van der Waals surface area contributed by atoms with Gasteiger partial charge in [-0.2, -0.15) is 0 Å². The van der Waals surface area contributed by atoms with E-state index in [1.165, 1.54) is 73.9 Å². The fourth-order valence-corrected chi connectivity index (χ4v) is 4.63. The van der Waals surface area contributed by atoms with Crippen LogP contribution >= 0.6 is 0 Å². The summed E-state index contributed by atoms with van der Waals surface area (Å²) < 4.78 is 0. The van der Waals surface area contributed by atoms with Crippen LogP contribution in [-0.4, -0.2) is 23.5 Å². The molecule has 0 bridgehead atoms. The van der Waals surface area contributed by atoms with E-state index in [1.54, 1.807) is 0 Å². The zero-order valence-electron chi connectivity index (χ0n) is 14.6. The van der Waals surface area contributed by atoms with Crippen molar-refractivity contribution in [3.05, 3.63) is 22.5 Å². The van der Waals surface area contributed by atoms with Crippen molar-refractivity contribution >= 4 is 11.6 Å². The lowest BCUT2D eigenvalue weighted by Crippen LogP contribution is -2.37. The average molecular weight is 327 g/mol. The molecular weight excluding hydrogens is 298 g/mol. The fraction of sp³-hybridized carbons (Fsp3) is 0.700. The highest BCUT2D eigenvalue weighted by Gasteiger charge is 2.25. The predicted molar refractivity (Wildman–Crippen MR) is 96.4 cm³/mol. The number of hydrogen-bond acceptors (Lipinski definition) is 3. The molecule has 3 aliphatic rings. The quantitative estimate of drug-likeness (QED) is 0.892. The SMILES string of the molecule is O=C(CNC1CCCCC1)Nc1c2c(nc3c1CCC3)CCCC2. The van der Waals surface area contributed by atoms with Crippen molar-refractivity contribution in [2.24, 2.45) is 0 Å². The molecule has 1 amide bonds. The minimum atomic E-state index is 0.119. The van der Waals surface area contributed by atoms with Crippen LogP contribution in [-0.2, 0) is 30.5 Å². The number of pyridine rings is 1. The van der Waals surface area contributed by atoms with E-state index in [9.17, 15) is 4.79 Å². The fourth-order valence-electron chi connectivity index (χ4n) is 4.63. The molecule has 0 atom stereocenters. The minimum absolute atomic E-state index is 0.119. The van der Waals surface area contributed by atoms with Crippen LogP contribution in [0, 0.1) is 0 Å². The number of carbonyl (C=O) groups excluding carboxylic acids is 1. The van der Waals surface area contributed by atoms with Gasteiger partial charge in [0, 0.05) is 17.4 Å². The molecule has 1 fully saturated rings. The molecule has 2 N–H and O–H groups in total. The number of nitrogens with one attached hydrogen (secondary N) is 2. The van der Waals surface area contributed by atoms with E-state index in [4.69, 9.17) is 4.98 Å². The van der Waals surface area contributed by atoms with Gasteiger partial charge in [0.2, 0.25) is 5.91 Å². The highest BCUT2D eigenvalue weighted by molar-refractivity contribution is 5.94. The number of anilines is 1. The van der Waals surface area contributed by atoms with Gasteiger partial charge in [0.15, 0.2) is 0 Å². The molecule has 0 saturated heterocycles. The van der Waals surface area contributed by atoms with Gasteiger partial charge in [0.05, 0.1) is 12.2 Å². The maximum atomic E-state index is 12.5. The Labute approximate surface area is 144 Å². The van der Waals surface area contributed by atoms with Crippen molar-refractivity contribution in [3.8, 4) is 0 Å². The van der Waals surface area contributed by atoms with Crippen LogP contribution in [0.25, 0.3) is 0 Å². The van der Waals surface area contributed by atoms with Gasteiger partial charge in [0.1, 0.15) is 0 Å². The van der Waals surface area contributed by atoms with Crippen LogP contribution in [0.4, 0.5) is 5.69 Å². The first-order valence-electron chi connectivity index (χ1n) is 9.88. The third-order valence-corrected chi connectivity index (χ3v) is 5.92. The first-order chi connectivity index (χ1) is 11.8. The van der Waals surface area contributed by atoms with Crippen molar-refractivity contribution in [1.82, 2.24) is 10.3 Å². The number of aromatic nitrogens is 1. The van der Waals surface area contributed by atoms with Gasteiger partial charge in [0.25, 0.3) is 0 Å². The molecule has 4 rings (SSSR count). The van der Waals surface area contributed by atoms with Crippen LogP contribution in [0.15, 0.2) is 0 Å². The largest absolute Gasteiger partial charge is 0.324 e. The number of amides is 1. The number of rotatable bonds is 4. The Morgan fingerprint density at radius 3 is 2.33 bits per heavy atom. The van der Waals surface area contributed by atoms with Gasteiger partial charge in [-0.1, -0.05) is 19.3 Å². The molecular formula is C20H29N3O. The molecule has 24 heavy (non-hydrogen) atoms. The number of aryl methyl sites for hydroxylation is 2. The third kappa shape index (κ3) is 3.34. The van der Waals surface area contributed by atoms with E-state index >= 15 is 0 Å². The van der Waals surface area contributed by atoms with E-state index in [-0.39, 0.29) is 5.91 Å². The molecule has 0 radical (unpaired) electrons. The first kappa shape index (κ1) is 16.1. The zero-order valence-corrected chi connectivity index (χ0v) is 14.6. The predicted octanol–water partition coefficient (Wildman–Crippen LogP) is 3.31. The number of carbonyl (C=O) groups is 1. The third-order valence-electron chi connectivity index (χ3n) is 5.92. The second-order valence-electron chi connectivity index (χ2n) is 7.66. The number of nitrogens with zero attached hydrogens (tertiary/aromatic N) is 1. The summed E-state index contributed by atoms with van der Waals surface area (Å²) >= 11 is 0. The monoisotopic (exact) mass is 327 g/mol. The van der Waals surface area contributed by atoms with Gasteiger partial charge in [-0.3, -0.25) is 9.78 Å². The maximum absolute atomic E-state index is 12.5. The van der Waals surface area contributed by atoms with E-state index < -0.39 is 0 Å². The Bertz CT molecular complexity index is 620. The van der Waals surface area contributed by atoms with Gasteiger partial charge >= 0.3 is 0 Å². The minimum Gasteiger partial charge on any atom is -0.324 e. The summed E-state index contributed by atoms with van der Waals surface area (Å²) in [7, 11) is 0. The summed E-state index contributed by atoms with van der Waals surface area (Å²) in [6.45, 7) is 0.441. The first-order valence-corrected chi connectivity index (χ1v) is 9.88. The maximum Gasteiger partial charge on any atom is 0.238 e. The van der Waals surface area contributed by atoms with Crippen molar-refractivity contribution in [1.29, 1.82) is 0 Å². The van der Waals surface area contributed by atoms with Gasteiger partial charge < -0.3 is 10.6 Å². The Kier molecular flexibility index (Phi) is 4.83. The second-order valence-corrected chi connectivity index (χ2v) is 7.66. The average Bonchev–Trinajstić information content (AvgIpc) is 3.09. The van der Waals surface area contributed by atoms with Crippen LogP contribution in [0.5, 0.6) is 0 Å². The summed E-state index contributed by atoms with van der Waals surface area (Å²) in [5.74, 6) is 0.119. The molecule has 0 aromatic carbocycles. The Hall–Kier alpha value is -1.42. The standard InChI is InChI=1S/C20H29N3O/c24-19(13-21-14-7-2-1-3-8-14)23-20-15-9-4-5-11-17(15)22-18-12-6-10-16(18)20/h14,21H,1-13H2,(H,22,23,24). The smallest absolute Gasteiger partial charge is 0.238 e. The normalized spacial score (nSPS) is 20.5. The van der Waals surface area contributed by atoms with Crippen molar-refractivity contribution in [2.45, 2.75) is 83.1 Å². The van der Waals surface area contributed by atoms with Crippen LogP contribution in [0.1, 0.15) is 73.9 Å². The van der Waals surface area contributed by atoms with E-state index in [0.29, 0.717) is 12.6 Å². The van der Waals surface area contributed by atoms with Crippen molar-refractivity contribution < 1.29 is 4.79 Å². The molecule has 0 unspecified atom stereocenters. The molecule has 0 aliphatic heterocycles. The van der Waals surface area contributed by atoms with Crippen LogP contribution in [0.2, 0.25) is 0 Å². The van der Waals surface area contributed by atoms with E-state index in [2.05, 4.69) is 10.6 Å².